The largest absolute Gasteiger partial charge is 0.355 e. The van der Waals surface area contributed by atoms with Crippen LogP contribution in [0.4, 0.5) is 5.82 Å². The number of anilines is 1. The van der Waals surface area contributed by atoms with Gasteiger partial charge < -0.3 is 4.90 Å². The Balaban J connectivity index is 2.23. The van der Waals surface area contributed by atoms with Crippen molar-refractivity contribution in [3.8, 4) is 0 Å². The van der Waals surface area contributed by atoms with E-state index >= 15 is 0 Å². The van der Waals surface area contributed by atoms with E-state index in [1.54, 1.807) is 0 Å². The van der Waals surface area contributed by atoms with Gasteiger partial charge in [0.25, 0.3) is 0 Å². The molecule has 0 aliphatic rings. The molecule has 0 radical (unpaired) electrons. The zero-order valence-electron chi connectivity index (χ0n) is 13.9. The lowest BCUT2D eigenvalue weighted by atomic mass is 10.1. The fourth-order valence-corrected chi connectivity index (χ4v) is 2.28. The van der Waals surface area contributed by atoms with E-state index in [2.05, 4.69) is 67.0 Å². The molecule has 0 fully saturated rings. The van der Waals surface area contributed by atoms with Crippen molar-refractivity contribution < 1.29 is 0 Å². The first-order valence-electron chi connectivity index (χ1n) is 7.50. The fraction of sp³-hybridized carbons (Fsp3) is 0.562. The Morgan fingerprint density at radius 1 is 1.24 bits per heavy atom. The molecule has 5 heteroatoms. The fourth-order valence-electron chi connectivity index (χ4n) is 2.28. The molecule has 2 heterocycles. The standard InChI is InChI=1S/C16H25N5/c1-7-21-10-14(12(4)19-21)9-20(6)16-8-15(11(2)3)17-13(5)18-16/h8,10-11H,7,9H2,1-6H3. The van der Waals surface area contributed by atoms with E-state index in [9.17, 15) is 0 Å². The molecular formula is C16H25N5. The SMILES string of the molecule is CCn1cc(CN(C)c2cc(C(C)C)nc(C)n2)c(C)n1. The van der Waals surface area contributed by atoms with Crippen LogP contribution in [-0.4, -0.2) is 26.8 Å². The van der Waals surface area contributed by atoms with Gasteiger partial charge in [-0.05, 0) is 26.7 Å². The number of hydrogen-bond acceptors (Lipinski definition) is 4. The molecule has 0 aromatic carbocycles. The Kier molecular flexibility index (Phi) is 4.60. The summed E-state index contributed by atoms with van der Waals surface area (Å²) in [4.78, 5) is 11.2. The zero-order chi connectivity index (χ0) is 15.6. The maximum atomic E-state index is 4.56. The molecule has 114 valence electrons. The highest BCUT2D eigenvalue weighted by molar-refractivity contribution is 5.41. The second kappa shape index (κ2) is 6.24. The van der Waals surface area contributed by atoms with Gasteiger partial charge in [0, 0.05) is 43.7 Å². The van der Waals surface area contributed by atoms with E-state index in [0.717, 1.165) is 36.1 Å². The average molecular weight is 287 g/mol. The van der Waals surface area contributed by atoms with Gasteiger partial charge in [0.15, 0.2) is 0 Å². The third-order valence-corrected chi connectivity index (χ3v) is 3.61. The van der Waals surface area contributed by atoms with Crippen molar-refractivity contribution in [3.05, 3.63) is 35.0 Å². The number of rotatable bonds is 5. The molecule has 2 aromatic heterocycles. The second-order valence-corrected chi connectivity index (χ2v) is 5.80. The first-order valence-corrected chi connectivity index (χ1v) is 7.50. The summed E-state index contributed by atoms with van der Waals surface area (Å²) < 4.78 is 1.98. The quantitative estimate of drug-likeness (QED) is 0.848. The van der Waals surface area contributed by atoms with Gasteiger partial charge in [-0.2, -0.15) is 5.10 Å². The van der Waals surface area contributed by atoms with E-state index in [-0.39, 0.29) is 0 Å². The Morgan fingerprint density at radius 2 is 1.95 bits per heavy atom. The van der Waals surface area contributed by atoms with Gasteiger partial charge >= 0.3 is 0 Å². The van der Waals surface area contributed by atoms with Gasteiger partial charge in [-0.3, -0.25) is 4.68 Å². The number of aromatic nitrogens is 4. The molecule has 0 aliphatic carbocycles. The predicted molar refractivity (Wildman–Crippen MR) is 85.6 cm³/mol. The Bertz CT molecular complexity index is 615. The van der Waals surface area contributed by atoms with Crippen molar-refractivity contribution in [2.24, 2.45) is 0 Å². The van der Waals surface area contributed by atoms with Crippen LogP contribution in [0.5, 0.6) is 0 Å². The molecule has 0 unspecified atom stereocenters. The van der Waals surface area contributed by atoms with Crippen LogP contribution < -0.4 is 4.90 Å². The molecule has 0 saturated heterocycles. The minimum Gasteiger partial charge on any atom is -0.355 e. The van der Waals surface area contributed by atoms with E-state index in [4.69, 9.17) is 0 Å². The molecule has 0 spiro atoms. The van der Waals surface area contributed by atoms with Crippen LogP contribution in [0, 0.1) is 13.8 Å². The zero-order valence-corrected chi connectivity index (χ0v) is 13.9. The molecule has 5 nitrogen and oxygen atoms in total. The summed E-state index contributed by atoms with van der Waals surface area (Å²) in [6.45, 7) is 12.1. The first kappa shape index (κ1) is 15.5. The third-order valence-electron chi connectivity index (χ3n) is 3.61. The molecule has 0 saturated carbocycles. The molecule has 21 heavy (non-hydrogen) atoms. The Labute approximate surface area is 127 Å². The molecule has 0 aliphatic heterocycles. The topological polar surface area (TPSA) is 46.8 Å². The normalized spacial score (nSPS) is 11.2. The summed E-state index contributed by atoms with van der Waals surface area (Å²) in [5, 5.41) is 4.50. The van der Waals surface area contributed by atoms with Crippen molar-refractivity contribution in [3.63, 3.8) is 0 Å². The van der Waals surface area contributed by atoms with E-state index in [1.807, 2.05) is 11.6 Å². The first-order chi connectivity index (χ1) is 9.90. The monoisotopic (exact) mass is 287 g/mol. The number of nitrogens with zero attached hydrogens (tertiary/aromatic N) is 5. The number of aryl methyl sites for hydroxylation is 3. The van der Waals surface area contributed by atoms with E-state index in [0.29, 0.717) is 5.92 Å². The van der Waals surface area contributed by atoms with E-state index < -0.39 is 0 Å². The smallest absolute Gasteiger partial charge is 0.132 e. The lowest BCUT2D eigenvalue weighted by molar-refractivity contribution is 0.653. The maximum absolute atomic E-state index is 4.56. The van der Waals surface area contributed by atoms with Gasteiger partial charge in [0.05, 0.1) is 5.69 Å². The minimum atomic E-state index is 0.406. The van der Waals surface area contributed by atoms with Gasteiger partial charge in [0.2, 0.25) is 0 Å². The van der Waals surface area contributed by atoms with Crippen LogP contribution in [0.15, 0.2) is 12.3 Å². The third kappa shape index (κ3) is 3.60. The summed E-state index contributed by atoms with van der Waals surface area (Å²) in [6, 6.07) is 2.08. The Morgan fingerprint density at radius 3 is 2.52 bits per heavy atom. The van der Waals surface area contributed by atoms with Gasteiger partial charge in [-0.15, -0.1) is 0 Å². The summed E-state index contributed by atoms with van der Waals surface area (Å²) in [5.74, 6) is 2.20. The van der Waals surface area contributed by atoms with Crippen molar-refractivity contribution in [1.29, 1.82) is 0 Å². The van der Waals surface area contributed by atoms with Crippen LogP contribution in [0.25, 0.3) is 0 Å². The van der Waals surface area contributed by atoms with Crippen molar-refractivity contribution >= 4 is 5.82 Å². The van der Waals surface area contributed by atoms with Gasteiger partial charge in [0.1, 0.15) is 11.6 Å². The van der Waals surface area contributed by atoms with Gasteiger partial charge in [-0.25, -0.2) is 9.97 Å². The molecule has 0 N–H and O–H groups in total. The van der Waals surface area contributed by atoms with Crippen molar-refractivity contribution in [2.75, 3.05) is 11.9 Å². The molecule has 2 aromatic rings. The Hall–Kier alpha value is -1.91. The van der Waals surface area contributed by atoms with Crippen LogP contribution >= 0.6 is 0 Å². The molecule has 0 bridgehead atoms. The molecular weight excluding hydrogens is 262 g/mol. The molecule has 0 atom stereocenters. The van der Waals surface area contributed by atoms with Crippen LogP contribution in [0.2, 0.25) is 0 Å². The van der Waals surface area contributed by atoms with Crippen LogP contribution in [-0.2, 0) is 13.1 Å². The lowest BCUT2D eigenvalue weighted by Crippen LogP contribution is -2.19. The lowest BCUT2D eigenvalue weighted by Gasteiger charge is -2.19. The molecule has 0 amide bonds. The highest BCUT2D eigenvalue weighted by Gasteiger charge is 2.12. The highest BCUT2D eigenvalue weighted by atomic mass is 15.3. The second-order valence-electron chi connectivity index (χ2n) is 5.80. The summed E-state index contributed by atoms with van der Waals surface area (Å²) in [5.41, 5.74) is 3.41. The van der Waals surface area contributed by atoms with Crippen LogP contribution in [0.1, 0.15) is 49.5 Å². The average Bonchev–Trinajstić information content (AvgIpc) is 2.78. The summed E-state index contributed by atoms with van der Waals surface area (Å²) in [7, 11) is 2.06. The predicted octanol–water partition coefficient (Wildman–Crippen LogP) is 3.07. The maximum Gasteiger partial charge on any atom is 0.132 e. The van der Waals surface area contributed by atoms with Crippen molar-refractivity contribution in [2.45, 2.75) is 53.6 Å². The number of hydrogen-bond donors (Lipinski definition) is 0. The molecule has 2 rings (SSSR count). The summed E-state index contributed by atoms with van der Waals surface area (Å²) in [6.07, 6.45) is 2.11. The summed E-state index contributed by atoms with van der Waals surface area (Å²) >= 11 is 0. The van der Waals surface area contributed by atoms with E-state index in [1.165, 1.54) is 5.56 Å². The minimum absolute atomic E-state index is 0.406. The highest BCUT2D eigenvalue weighted by Crippen LogP contribution is 2.19. The van der Waals surface area contributed by atoms with Crippen LogP contribution in [0.3, 0.4) is 0 Å². The van der Waals surface area contributed by atoms with Gasteiger partial charge in [-0.1, -0.05) is 13.8 Å². The van der Waals surface area contributed by atoms with Crippen molar-refractivity contribution in [1.82, 2.24) is 19.7 Å².